The smallest absolute Gasteiger partial charge is 0.326 e. The van der Waals surface area contributed by atoms with Crippen molar-refractivity contribution in [3.8, 4) is 0 Å². The van der Waals surface area contributed by atoms with Crippen LogP contribution in [0.5, 0.6) is 0 Å². The van der Waals surface area contributed by atoms with E-state index in [1.165, 1.54) is 4.90 Å². The van der Waals surface area contributed by atoms with Crippen LogP contribution in [0, 0.1) is 0 Å². The molecule has 6 nitrogen and oxygen atoms in total. The highest BCUT2D eigenvalue weighted by atomic mass is 32.1. The highest BCUT2D eigenvalue weighted by molar-refractivity contribution is 7.81. The van der Waals surface area contributed by atoms with E-state index >= 15 is 0 Å². The van der Waals surface area contributed by atoms with Gasteiger partial charge in [-0.25, -0.2) is 4.79 Å². The van der Waals surface area contributed by atoms with Gasteiger partial charge in [-0.05, 0) is 42.4 Å². The van der Waals surface area contributed by atoms with Gasteiger partial charge in [0.2, 0.25) is 11.8 Å². The summed E-state index contributed by atoms with van der Waals surface area (Å²) in [4.78, 5) is 39.8. The summed E-state index contributed by atoms with van der Waals surface area (Å²) in [6.07, 6.45) is 2.66. The van der Waals surface area contributed by atoms with Crippen molar-refractivity contribution in [2.24, 2.45) is 0 Å². The van der Waals surface area contributed by atoms with Gasteiger partial charge in [-0.15, -0.1) is 0 Å². The van der Waals surface area contributed by atoms with Gasteiger partial charge in [0.1, 0.15) is 12.1 Å². The lowest BCUT2D eigenvalue weighted by molar-refractivity contribution is -0.156. The number of amides is 2. The summed E-state index contributed by atoms with van der Waals surface area (Å²) in [6, 6.07) is 15.3. The van der Waals surface area contributed by atoms with Crippen LogP contribution in [0.15, 0.2) is 54.6 Å². The molecular formula is C24H26N2O4S. The molecule has 0 bridgehead atoms. The van der Waals surface area contributed by atoms with Crippen LogP contribution in [0.2, 0.25) is 0 Å². The van der Waals surface area contributed by atoms with Crippen molar-refractivity contribution in [3.05, 3.63) is 71.3 Å². The van der Waals surface area contributed by atoms with Gasteiger partial charge in [0.25, 0.3) is 0 Å². The van der Waals surface area contributed by atoms with Crippen LogP contribution in [0.4, 0.5) is 0 Å². The molecule has 1 fully saturated rings. The quantitative estimate of drug-likeness (QED) is 0.627. The number of thiol groups is 1. The number of benzene rings is 2. The first-order valence-electron chi connectivity index (χ1n) is 10.6. The van der Waals surface area contributed by atoms with Crippen LogP contribution in [0.1, 0.15) is 42.0 Å². The predicted octanol–water partition coefficient (Wildman–Crippen LogP) is 2.78. The molecule has 2 amide bonds. The average molecular weight is 439 g/mol. The Kier molecular flexibility index (Phi) is 6.32. The SMILES string of the molecule is O=C(NC1Cc2ccccc2[C@H]2CCC[C@@H](C(=O)O)N2C1=O)[C@@H](S)Cc1ccccc1. The summed E-state index contributed by atoms with van der Waals surface area (Å²) < 4.78 is 0. The maximum Gasteiger partial charge on any atom is 0.326 e. The number of nitrogens with one attached hydrogen (secondary N) is 1. The first kappa shape index (κ1) is 21.4. The summed E-state index contributed by atoms with van der Waals surface area (Å²) in [6.45, 7) is 0. The molecule has 2 aliphatic rings. The molecule has 0 aliphatic carbocycles. The van der Waals surface area contributed by atoms with E-state index in [4.69, 9.17) is 0 Å². The number of carbonyl (C=O) groups excluding carboxylic acids is 2. The van der Waals surface area contributed by atoms with E-state index in [1.54, 1.807) is 0 Å². The van der Waals surface area contributed by atoms with Crippen LogP contribution < -0.4 is 5.32 Å². The van der Waals surface area contributed by atoms with Crippen LogP contribution in [0.3, 0.4) is 0 Å². The Labute approximate surface area is 187 Å². The highest BCUT2D eigenvalue weighted by Gasteiger charge is 2.44. The lowest BCUT2D eigenvalue weighted by Gasteiger charge is -2.40. The minimum Gasteiger partial charge on any atom is -0.480 e. The molecule has 2 aromatic carbocycles. The fourth-order valence-electron chi connectivity index (χ4n) is 4.70. The Hall–Kier alpha value is -2.80. The summed E-state index contributed by atoms with van der Waals surface area (Å²) in [5.41, 5.74) is 2.93. The standard InChI is InChI=1S/C24H26N2O4S/c27-22(21(31)13-15-7-2-1-3-8-15)25-18-14-16-9-4-5-10-17(16)19-11-6-12-20(24(29)30)26(19)23(18)28/h1-5,7-10,18-21,31H,6,11-14H2,(H,25,27)(H,29,30)/t18?,19-,20+,21+/m1/s1. The number of hydrogen-bond acceptors (Lipinski definition) is 4. The molecule has 7 heteroatoms. The fourth-order valence-corrected chi connectivity index (χ4v) is 4.98. The van der Waals surface area contributed by atoms with Crippen molar-refractivity contribution in [2.75, 3.05) is 0 Å². The van der Waals surface area contributed by atoms with E-state index in [0.29, 0.717) is 19.3 Å². The van der Waals surface area contributed by atoms with E-state index in [9.17, 15) is 19.5 Å². The van der Waals surface area contributed by atoms with Crippen molar-refractivity contribution >= 4 is 30.4 Å². The topological polar surface area (TPSA) is 86.7 Å². The Bertz CT molecular complexity index is 981. The lowest BCUT2D eigenvalue weighted by atomic mass is 9.89. The second-order valence-corrected chi connectivity index (χ2v) is 8.84. The van der Waals surface area contributed by atoms with Gasteiger partial charge < -0.3 is 15.3 Å². The number of nitrogens with zero attached hydrogens (tertiary/aromatic N) is 1. The molecule has 0 radical (unpaired) electrons. The number of carbonyl (C=O) groups is 3. The average Bonchev–Trinajstić information content (AvgIpc) is 2.89. The molecule has 1 unspecified atom stereocenters. The van der Waals surface area contributed by atoms with E-state index < -0.39 is 23.3 Å². The van der Waals surface area contributed by atoms with Gasteiger partial charge in [-0.1, -0.05) is 54.6 Å². The third-order valence-electron chi connectivity index (χ3n) is 6.19. The maximum atomic E-state index is 13.5. The number of fused-ring (bicyclic) bond motifs is 3. The molecule has 2 aromatic rings. The van der Waals surface area contributed by atoms with Crippen molar-refractivity contribution in [1.82, 2.24) is 10.2 Å². The van der Waals surface area contributed by atoms with E-state index in [1.807, 2.05) is 54.6 Å². The Morgan fingerprint density at radius 2 is 1.81 bits per heavy atom. The van der Waals surface area contributed by atoms with Crippen LogP contribution in [0.25, 0.3) is 0 Å². The first-order chi connectivity index (χ1) is 15.0. The number of carboxylic acid groups (broad SMARTS) is 1. The molecule has 2 N–H and O–H groups in total. The molecular weight excluding hydrogens is 412 g/mol. The number of piperidine rings is 1. The Morgan fingerprint density at radius 1 is 1.10 bits per heavy atom. The first-order valence-corrected chi connectivity index (χ1v) is 11.1. The zero-order valence-electron chi connectivity index (χ0n) is 17.1. The second kappa shape index (κ2) is 9.14. The van der Waals surface area contributed by atoms with Crippen molar-refractivity contribution in [1.29, 1.82) is 0 Å². The molecule has 2 aliphatic heterocycles. The summed E-state index contributed by atoms with van der Waals surface area (Å²) in [5.74, 6) is -1.66. The van der Waals surface area contributed by atoms with Gasteiger partial charge >= 0.3 is 5.97 Å². The zero-order valence-corrected chi connectivity index (χ0v) is 18.0. The molecule has 1 saturated heterocycles. The number of carboxylic acids is 1. The summed E-state index contributed by atoms with van der Waals surface area (Å²) in [7, 11) is 0. The van der Waals surface area contributed by atoms with Crippen LogP contribution in [-0.2, 0) is 27.2 Å². The van der Waals surface area contributed by atoms with Gasteiger partial charge in [0.05, 0.1) is 11.3 Å². The number of rotatable bonds is 5. The molecule has 31 heavy (non-hydrogen) atoms. The minimum atomic E-state index is -1.00. The molecule has 0 spiro atoms. The highest BCUT2D eigenvalue weighted by Crippen LogP contribution is 2.39. The monoisotopic (exact) mass is 438 g/mol. The molecule has 162 valence electrons. The van der Waals surface area contributed by atoms with Crippen molar-refractivity contribution < 1.29 is 19.5 Å². The molecule has 0 aromatic heterocycles. The number of aliphatic carboxylic acids is 1. The summed E-state index contributed by atoms with van der Waals surface area (Å²) in [5, 5.41) is 12.0. The van der Waals surface area contributed by atoms with E-state index in [2.05, 4.69) is 17.9 Å². The van der Waals surface area contributed by atoms with Gasteiger partial charge in [-0.3, -0.25) is 9.59 Å². The third kappa shape index (κ3) is 4.46. The molecule has 0 saturated carbocycles. The normalized spacial score (nSPS) is 23.8. The van der Waals surface area contributed by atoms with Crippen LogP contribution in [-0.4, -0.2) is 45.1 Å². The largest absolute Gasteiger partial charge is 0.480 e. The van der Waals surface area contributed by atoms with Gasteiger partial charge in [0.15, 0.2) is 0 Å². The second-order valence-electron chi connectivity index (χ2n) is 8.22. The zero-order chi connectivity index (χ0) is 22.0. The Balaban J connectivity index is 1.59. The summed E-state index contributed by atoms with van der Waals surface area (Å²) >= 11 is 4.46. The molecule has 2 heterocycles. The minimum absolute atomic E-state index is 0.281. The predicted molar refractivity (Wildman–Crippen MR) is 120 cm³/mol. The molecule has 4 atom stereocenters. The number of hydrogen-bond donors (Lipinski definition) is 3. The van der Waals surface area contributed by atoms with Crippen molar-refractivity contribution in [3.63, 3.8) is 0 Å². The fraction of sp³-hybridized carbons (Fsp3) is 0.375. The van der Waals surface area contributed by atoms with E-state index in [-0.39, 0.29) is 17.9 Å². The van der Waals surface area contributed by atoms with E-state index in [0.717, 1.165) is 29.5 Å². The molecule has 4 rings (SSSR count). The third-order valence-corrected chi connectivity index (χ3v) is 6.61. The Morgan fingerprint density at radius 3 is 2.55 bits per heavy atom. The van der Waals surface area contributed by atoms with Gasteiger partial charge in [-0.2, -0.15) is 12.6 Å². The van der Waals surface area contributed by atoms with Gasteiger partial charge in [0, 0.05) is 6.42 Å². The maximum absolute atomic E-state index is 13.5. The van der Waals surface area contributed by atoms with Crippen molar-refractivity contribution in [2.45, 2.75) is 55.5 Å². The van der Waals surface area contributed by atoms with Crippen LogP contribution >= 0.6 is 12.6 Å². The lowest BCUT2D eigenvalue weighted by Crippen LogP contribution is -2.56.